The van der Waals surface area contributed by atoms with E-state index in [4.69, 9.17) is 23.7 Å². The van der Waals surface area contributed by atoms with Crippen LogP contribution in [-0.2, 0) is 14.3 Å². The molecular weight excluding hydrogens is 480 g/mol. The second-order valence-electron chi connectivity index (χ2n) is 8.91. The molecule has 0 radical (unpaired) electrons. The summed E-state index contributed by atoms with van der Waals surface area (Å²) in [5, 5.41) is 4.98. The number of rotatable bonds is 10. The monoisotopic (exact) mass is 514 g/mol. The number of nitrogens with one attached hydrogen (secondary N) is 2. The topological polar surface area (TPSA) is 121 Å². The molecule has 2 N–H and O–H groups in total. The highest BCUT2D eigenvalue weighted by molar-refractivity contribution is 5.85. The van der Waals surface area contributed by atoms with E-state index >= 15 is 0 Å². The van der Waals surface area contributed by atoms with Gasteiger partial charge in [0.25, 0.3) is 0 Å². The first-order valence-electron chi connectivity index (χ1n) is 11.6. The first-order chi connectivity index (χ1) is 17.5. The second kappa shape index (κ2) is 13.8. The Balaban J connectivity index is 1.74. The first-order valence-corrected chi connectivity index (χ1v) is 11.6. The molecule has 0 aliphatic heterocycles. The molecule has 0 saturated heterocycles. The Morgan fingerprint density at radius 2 is 1.49 bits per heavy atom. The lowest BCUT2D eigenvalue weighted by molar-refractivity contribution is -0.123. The van der Waals surface area contributed by atoms with E-state index in [0.29, 0.717) is 17.2 Å². The lowest BCUT2D eigenvalue weighted by atomic mass is 10.1. The number of hydrogen-bond donors (Lipinski definition) is 2. The number of ether oxygens (including phenoxy) is 5. The normalized spacial score (nSPS) is 11.8. The average Bonchev–Trinajstić information content (AvgIpc) is 2.84. The van der Waals surface area contributed by atoms with Gasteiger partial charge in [0.2, 0.25) is 5.91 Å². The first kappa shape index (κ1) is 29.0. The maximum absolute atomic E-state index is 12.0. The van der Waals surface area contributed by atoms with E-state index in [-0.39, 0.29) is 13.2 Å². The molecule has 10 nitrogen and oxygen atoms in total. The van der Waals surface area contributed by atoms with Gasteiger partial charge in [0, 0.05) is 6.07 Å². The minimum Gasteiger partial charge on any atom is -0.497 e. The second-order valence-corrected chi connectivity index (χ2v) is 8.91. The quantitative estimate of drug-likeness (QED) is 0.207. The summed E-state index contributed by atoms with van der Waals surface area (Å²) < 4.78 is 25.8. The molecule has 0 aliphatic rings. The molecule has 2 aromatic carbocycles. The van der Waals surface area contributed by atoms with E-state index in [0.717, 1.165) is 11.1 Å². The van der Waals surface area contributed by atoms with Gasteiger partial charge in [-0.05, 0) is 63.1 Å². The molecule has 1 atom stereocenters. The van der Waals surface area contributed by atoms with Crippen molar-refractivity contribution in [3.63, 3.8) is 0 Å². The molecule has 0 heterocycles. The number of benzene rings is 2. The predicted molar refractivity (Wildman–Crippen MR) is 139 cm³/mol. The summed E-state index contributed by atoms with van der Waals surface area (Å²) in [4.78, 5) is 35.7. The fourth-order valence-electron chi connectivity index (χ4n) is 2.90. The highest BCUT2D eigenvalue weighted by Gasteiger charge is 2.20. The zero-order valence-corrected chi connectivity index (χ0v) is 22.0. The number of hydrogen-bond acceptors (Lipinski definition) is 8. The highest BCUT2D eigenvalue weighted by atomic mass is 16.7. The third kappa shape index (κ3) is 10.9. The number of alkyl carbamates (subject to hydrolysis) is 1. The molecule has 0 fully saturated rings. The Morgan fingerprint density at radius 3 is 2.05 bits per heavy atom. The number of carbonyl (C=O) groups is 3. The van der Waals surface area contributed by atoms with Gasteiger partial charge in [0.05, 0.1) is 20.8 Å². The van der Waals surface area contributed by atoms with Gasteiger partial charge in [-0.25, -0.2) is 9.59 Å². The van der Waals surface area contributed by atoms with Crippen molar-refractivity contribution in [2.45, 2.75) is 39.3 Å². The fourth-order valence-corrected chi connectivity index (χ4v) is 2.90. The van der Waals surface area contributed by atoms with Gasteiger partial charge in [-0.15, -0.1) is 0 Å². The molecule has 1 unspecified atom stereocenters. The summed E-state index contributed by atoms with van der Waals surface area (Å²) in [6.45, 7) is 6.63. The van der Waals surface area contributed by atoms with Crippen molar-refractivity contribution in [1.82, 2.24) is 10.6 Å². The van der Waals surface area contributed by atoms with E-state index < -0.39 is 29.8 Å². The van der Waals surface area contributed by atoms with Crippen LogP contribution in [0.1, 0.15) is 38.8 Å². The third-order valence-electron chi connectivity index (χ3n) is 4.67. The van der Waals surface area contributed by atoms with E-state index in [2.05, 4.69) is 10.6 Å². The van der Waals surface area contributed by atoms with Gasteiger partial charge < -0.3 is 34.3 Å². The Morgan fingerprint density at radius 1 is 0.892 bits per heavy atom. The van der Waals surface area contributed by atoms with Crippen LogP contribution >= 0.6 is 0 Å². The molecule has 0 bridgehead atoms. The molecule has 10 heteroatoms. The summed E-state index contributed by atoms with van der Waals surface area (Å²) in [5.74, 6) is 1.24. The van der Waals surface area contributed by atoms with Crippen molar-refractivity contribution in [2.24, 2.45) is 0 Å². The third-order valence-corrected chi connectivity index (χ3v) is 4.67. The summed E-state index contributed by atoms with van der Waals surface area (Å²) in [5.41, 5.74) is 1.12. The van der Waals surface area contributed by atoms with Crippen LogP contribution in [0.4, 0.5) is 9.59 Å². The lowest BCUT2D eigenvalue weighted by Crippen LogP contribution is -2.47. The van der Waals surface area contributed by atoms with Crippen molar-refractivity contribution < 1.29 is 38.1 Å². The molecule has 2 rings (SSSR count). The zero-order valence-electron chi connectivity index (χ0n) is 22.0. The highest BCUT2D eigenvalue weighted by Crippen LogP contribution is 2.24. The van der Waals surface area contributed by atoms with E-state index in [1.165, 1.54) is 6.92 Å². The Hall–Kier alpha value is -4.21. The van der Waals surface area contributed by atoms with Crippen LogP contribution in [0.15, 0.2) is 42.5 Å². The standard InChI is InChI=1S/C27H34N2O8/c1-18(29-25(31)37-27(2,3)4)24(30)28-13-14-35-26(32)36-21-11-9-19(10-12-21)7-8-20-15-22(33-5)17-23(16-20)34-6/h7-12,15-18H,13-14H2,1-6H3,(H,28,30)(H,29,31)/b8-7+. The summed E-state index contributed by atoms with van der Waals surface area (Å²) in [7, 11) is 3.18. The van der Waals surface area contributed by atoms with Gasteiger partial charge in [-0.2, -0.15) is 0 Å². The molecule has 0 aliphatic carbocycles. The maximum atomic E-state index is 12.0. The molecule has 2 amide bonds. The molecule has 2 aromatic rings. The lowest BCUT2D eigenvalue weighted by Gasteiger charge is -2.21. The molecule has 0 spiro atoms. The van der Waals surface area contributed by atoms with Gasteiger partial charge in [-0.3, -0.25) is 4.79 Å². The largest absolute Gasteiger partial charge is 0.513 e. The summed E-state index contributed by atoms with van der Waals surface area (Å²) >= 11 is 0. The van der Waals surface area contributed by atoms with E-state index in [9.17, 15) is 14.4 Å². The van der Waals surface area contributed by atoms with Crippen LogP contribution in [0.2, 0.25) is 0 Å². The molecule has 0 aromatic heterocycles. The Labute approximate surface area is 216 Å². The number of amides is 2. The van der Waals surface area contributed by atoms with Crippen LogP contribution in [0.25, 0.3) is 12.2 Å². The van der Waals surface area contributed by atoms with Gasteiger partial charge in [0.15, 0.2) is 0 Å². The predicted octanol–water partition coefficient (Wildman–Crippen LogP) is 4.42. The van der Waals surface area contributed by atoms with Crippen molar-refractivity contribution in [2.75, 3.05) is 27.4 Å². The van der Waals surface area contributed by atoms with Crippen molar-refractivity contribution in [3.05, 3.63) is 53.6 Å². The SMILES string of the molecule is COc1cc(/C=C/c2ccc(OC(=O)OCCNC(=O)C(C)NC(=O)OC(C)(C)C)cc2)cc(OC)c1. The number of carbonyl (C=O) groups excluding carboxylic acids is 3. The van der Waals surface area contributed by atoms with E-state index in [1.807, 2.05) is 24.3 Å². The van der Waals surface area contributed by atoms with E-state index in [1.54, 1.807) is 65.3 Å². The Bertz CT molecular complexity index is 1070. The summed E-state index contributed by atoms with van der Waals surface area (Å²) in [6, 6.07) is 11.6. The van der Waals surface area contributed by atoms with Crippen LogP contribution in [0.5, 0.6) is 17.2 Å². The van der Waals surface area contributed by atoms with Crippen molar-refractivity contribution in [3.8, 4) is 17.2 Å². The minimum atomic E-state index is -0.902. The van der Waals surface area contributed by atoms with Crippen molar-refractivity contribution >= 4 is 30.3 Å². The minimum absolute atomic E-state index is 0.0487. The fraction of sp³-hybridized carbons (Fsp3) is 0.370. The van der Waals surface area contributed by atoms with Crippen molar-refractivity contribution in [1.29, 1.82) is 0 Å². The van der Waals surface area contributed by atoms with Gasteiger partial charge in [0.1, 0.15) is 35.5 Å². The van der Waals surface area contributed by atoms with Gasteiger partial charge >= 0.3 is 12.2 Å². The molecular formula is C27H34N2O8. The molecule has 0 saturated carbocycles. The maximum Gasteiger partial charge on any atom is 0.513 e. The zero-order chi connectivity index (χ0) is 27.4. The Kier molecular flexibility index (Phi) is 10.8. The smallest absolute Gasteiger partial charge is 0.497 e. The summed E-state index contributed by atoms with van der Waals surface area (Å²) in [6.07, 6.45) is 2.21. The molecule has 37 heavy (non-hydrogen) atoms. The van der Waals surface area contributed by atoms with Crippen LogP contribution in [-0.4, -0.2) is 57.2 Å². The molecule has 200 valence electrons. The average molecular weight is 515 g/mol. The van der Waals surface area contributed by atoms with Gasteiger partial charge in [-0.1, -0.05) is 24.3 Å². The van der Waals surface area contributed by atoms with Crippen LogP contribution in [0, 0.1) is 0 Å². The number of methoxy groups -OCH3 is 2. The van der Waals surface area contributed by atoms with Crippen LogP contribution < -0.4 is 24.8 Å². The van der Waals surface area contributed by atoms with Crippen LogP contribution in [0.3, 0.4) is 0 Å².